The van der Waals surface area contributed by atoms with Crippen LogP contribution in [0.5, 0.6) is 0 Å². The first-order valence-corrected chi connectivity index (χ1v) is 6.32. The predicted molar refractivity (Wildman–Crippen MR) is 70.0 cm³/mol. The van der Waals surface area contributed by atoms with Gasteiger partial charge in [-0.2, -0.15) is 0 Å². The van der Waals surface area contributed by atoms with E-state index < -0.39 is 6.04 Å². The van der Waals surface area contributed by atoms with Crippen LogP contribution >= 0.6 is 0 Å². The fourth-order valence-electron chi connectivity index (χ4n) is 1.26. The van der Waals surface area contributed by atoms with E-state index >= 15 is 0 Å². The zero-order valence-corrected chi connectivity index (χ0v) is 11.5. The highest BCUT2D eigenvalue weighted by molar-refractivity contribution is 5.82. The van der Waals surface area contributed by atoms with E-state index in [1.807, 2.05) is 13.8 Å². The minimum absolute atomic E-state index is 0.0601. The fourth-order valence-corrected chi connectivity index (χ4v) is 1.26. The molecule has 2 atom stereocenters. The summed E-state index contributed by atoms with van der Waals surface area (Å²) in [6.07, 6.45) is 1.63. The van der Waals surface area contributed by atoms with Gasteiger partial charge in [-0.3, -0.25) is 9.59 Å². The number of nitrogens with two attached hydrogens (primary N) is 1. The van der Waals surface area contributed by atoms with Crippen molar-refractivity contribution in [2.24, 2.45) is 5.73 Å². The Kier molecular flexibility index (Phi) is 9.22. The molecule has 0 saturated carbocycles. The van der Waals surface area contributed by atoms with Crippen LogP contribution in [0.2, 0.25) is 0 Å². The van der Waals surface area contributed by atoms with Gasteiger partial charge in [0.1, 0.15) is 0 Å². The molecule has 0 aromatic carbocycles. The Morgan fingerprint density at radius 1 is 1.39 bits per heavy atom. The fraction of sp³-hybridized carbons (Fsp3) is 0.833. The van der Waals surface area contributed by atoms with Gasteiger partial charge in [0.25, 0.3) is 0 Å². The number of methoxy groups -OCH3 is 1. The van der Waals surface area contributed by atoms with Crippen LogP contribution in [0.15, 0.2) is 0 Å². The first-order chi connectivity index (χ1) is 8.51. The van der Waals surface area contributed by atoms with Gasteiger partial charge in [-0.05, 0) is 19.8 Å². The van der Waals surface area contributed by atoms with Gasteiger partial charge in [-0.15, -0.1) is 0 Å². The van der Waals surface area contributed by atoms with E-state index in [2.05, 4.69) is 10.6 Å². The molecule has 18 heavy (non-hydrogen) atoms. The van der Waals surface area contributed by atoms with Crippen LogP contribution in [0.4, 0.5) is 0 Å². The van der Waals surface area contributed by atoms with Crippen LogP contribution < -0.4 is 16.4 Å². The summed E-state index contributed by atoms with van der Waals surface area (Å²) in [5.74, 6) is -0.307. The predicted octanol–water partition coefficient (Wildman–Crippen LogP) is -0.229. The van der Waals surface area contributed by atoms with E-state index in [4.69, 9.17) is 10.5 Å². The second-order valence-electron chi connectivity index (χ2n) is 4.31. The number of hydrogen-bond donors (Lipinski definition) is 3. The maximum atomic E-state index is 11.5. The Labute approximate surface area is 109 Å². The first kappa shape index (κ1) is 16.9. The van der Waals surface area contributed by atoms with E-state index in [0.717, 1.165) is 6.42 Å². The van der Waals surface area contributed by atoms with Crippen molar-refractivity contribution >= 4 is 11.8 Å². The average Bonchev–Trinajstić information content (AvgIpc) is 2.35. The Hall–Kier alpha value is -1.14. The van der Waals surface area contributed by atoms with Gasteiger partial charge in [0.2, 0.25) is 11.8 Å². The summed E-state index contributed by atoms with van der Waals surface area (Å²) in [7, 11) is 1.56. The number of ether oxygens (including phenoxy) is 1. The quantitative estimate of drug-likeness (QED) is 0.533. The zero-order chi connectivity index (χ0) is 14.0. The molecule has 0 fully saturated rings. The molecule has 0 radical (unpaired) electrons. The Morgan fingerprint density at radius 2 is 2.06 bits per heavy atom. The van der Waals surface area contributed by atoms with E-state index in [-0.39, 0.29) is 24.3 Å². The molecule has 6 nitrogen and oxygen atoms in total. The van der Waals surface area contributed by atoms with E-state index in [0.29, 0.717) is 19.6 Å². The smallest absolute Gasteiger partial charge is 0.237 e. The van der Waals surface area contributed by atoms with Gasteiger partial charge in [-0.25, -0.2) is 0 Å². The van der Waals surface area contributed by atoms with Gasteiger partial charge in [0.05, 0.1) is 6.04 Å². The van der Waals surface area contributed by atoms with Crippen LogP contribution in [0, 0.1) is 0 Å². The van der Waals surface area contributed by atoms with Gasteiger partial charge in [0, 0.05) is 32.7 Å². The topological polar surface area (TPSA) is 93.5 Å². The van der Waals surface area contributed by atoms with Gasteiger partial charge < -0.3 is 21.1 Å². The third kappa shape index (κ3) is 8.03. The number of amides is 2. The van der Waals surface area contributed by atoms with Crippen molar-refractivity contribution in [2.75, 3.05) is 20.3 Å². The minimum Gasteiger partial charge on any atom is -0.385 e. The summed E-state index contributed by atoms with van der Waals surface area (Å²) < 4.78 is 4.84. The third-order valence-corrected chi connectivity index (χ3v) is 2.64. The molecule has 0 spiro atoms. The number of hydrogen-bond acceptors (Lipinski definition) is 4. The molecular weight excluding hydrogens is 234 g/mol. The molecule has 106 valence electrons. The van der Waals surface area contributed by atoms with Crippen LogP contribution in [0.1, 0.15) is 33.1 Å². The molecule has 0 saturated heterocycles. The first-order valence-electron chi connectivity index (χ1n) is 6.32. The van der Waals surface area contributed by atoms with Crippen molar-refractivity contribution in [3.8, 4) is 0 Å². The number of nitrogens with one attached hydrogen (secondary N) is 2. The molecule has 0 rings (SSSR count). The maximum absolute atomic E-state index is 11.5. The van der Waals surface area contributed by atoms with Crippen molar-refractivity contribution in [3.05, 3.63) is 0 Å². The Bertz CT molecular complexity index is 259. The molecular formula is C12H25N3O3. The molecule has 0 aliphatic carbocycles. The van der Waals surface area contributed by atoms with Crippen molar-refractivity contribution in [1.29, 1.82) is 0 Å². The third-order valence-electron chi connectivity index (χ3n) is 2.64. The lowest BCUT2D eigenvalue weighted by atomic mass is 10.2. The largest absolute Gasteiger partial charge is 0.385 e. The van der Waals surface area contributed by atoms with Gasteiger partial charge in [-0.1, -0.05) is 6.92 Å². The minimum atomic E-state index is -0.581. The summed E-state index contributed by atoms with van der Waals surface area (Å²) in [5.41, 5.74) is 5.63. The molecule has 0 bridgehead atoms. The summed E-state index contributed by atoms with van der Waals surface area (Å²) in [6.45, 7) is 4.70. The maximum Gasteiger partial charge on any atom is 0.237 e. The number of carbonyl (C=O) groups is 2. The zero-order valence-electron chi connectivity index (χ0n) is 11.5. The summed E-state index contributed by atoms with van der Waals surface area (Å²) in [4.78, 5) is 22.9. The molecule has 6 heteroatoms. The molecule has 0 aromatic heterocycles. The molecule has 2 unspecified atom stereocenters. The normalized spacial score (nSPS) is 13.8. The standard InChI is InChI=1S/C12H25N3O3/c1-4-9(2)15-11(16)5-7-14-12(17)10(13)6-8-18-3/h9-10H,4-8,13H2,1-3H3,(H,14,17)(H,15,16). The second kappa shape index (κ2) is 9.85. The molecule has 0 aliphatic rings. The lowest BCUT2D eigenvalue weighted by Crippen LogP contribution is -2.43. The van der Waals surface area contributed by atoms with Gasteiger partial charge >= 0.3 is 0 Å². The van der Waals surface area contributed by atoms with Crippen LogP contribution in [-0.4, -0.2) is 44.2 Å². The van der Waals surface area contributed by atoms with Crippen LogP contribution in [-0.2, 0) is 14.3 Å². The van der Waals surface area contributed by atoms with Crippen molar-refractivity contribution in [1.82, 2.24) is 10.6 Å². The highest BCUT2D eigenvalue weighted by Gasteiger charge is 2.13. The van der Waals surface area contributed by atoms with E-state index in [1.54, 1.807) is 7.11 Å². The van der Waals surface area contributed by atoms with Crippen molar-refractivity contribution in [3.63, 3.8) is 0 Å². The summed E-state index contributed by atoms with van der Waals surface area (Å²) in [5, 5.41) is 5.46. The monoisotopic (exact) mass is 259 g/mol. The highest BCUT2D eigenvalue weighted by atomic mass is 16.5. The SMILES string of the molecule is CCC(C)NC(=O)CCNC(=O)C(N)CCOC. The Morgan fingerprint density at radius 3 is 2.61 bits per heavy atom. The Balaban J connectivity index is 3.70. The van der Waals surface area contributed by atoms with Crippen molar-refractivity contribution < 1.29 is 14.3 Å². The van der Waals surface area contributed by atoms with E-state index in [9.17, 15) is 9.59 Å². The summed E-state index contributed by atoms with van der Waals surface area (Å²) in [6, 6.07) is -0.417. The van der Waals surface area contributed by atoms with Crippen molar-refractivity contribution in [2.45, 2.75) is 45.2 Å². The molecule has 2 amide bonds. The second-order valence-corrected chi connectivity index (χ2v) is 4.31. The number of rotatable bonds is 9. The summed E-state index contributed by atoms with van der Waals surface area (Å²) >= 11 is 0. The average molecular weight is 259 g/mol. The number of carbonyl (C=O) groups excluding carboxylic acids is 2. The van der Waals surface area contributed by atoms with Crippen LogP contribution in [0.25, 0.3) is 0 Å². The molecule has 0 heterocycles. The lowest BCUT2D eigenvalue weighted by molar-refractivity contribution is -0.123. The van der Waals surface area contributed by atoms with E-state index in [1.165, 1.54) is 0 Å². The molecule has 0 aromatic rings. The molecule has 0 aliphatic heterocycles. The van der Waals surface area contributed by atoms with Crippen LogP contribution in [0.3, 0.4) is 0 Å². The lowest BCUT2D eigenvalue weighted by Gasteiger charge is -2.13. The molecule has 4 N–H and O–H groups in total. The highest BCUT2D eigenvalue weighted by Crippen LogP contribution is 1.91. The van der Waals surface area contributed by atoms with Gasteiger partial charge in [0.15, 0.2) is 0 Å².